The second kappa shape index (κ2) is 19.8. The predicted molar refractivity (Wildman–Crippen MR) is 108 cm³/mol. The third-order valence-electron chi connectivity index (χ3n) is 5.15. The largest absolute Gasteiger partial charge is 0.0885 e. The van der Waals surface area contributed by atoms with Gasteiger partial charge in [0.15, 0.2) is 0 Å². The Kier molecular flexibility index (Phi) is 19.6. The van der Waals surface area contributed by atoms with Crippen LogP contribution < -0.4 is 0 Å². The van der Waals surface area contributed by atoms with Crippen molar-refractivity contribution in [2.24, 2.45) is 5.92 Å². The molecule has 0 aliphatic carbocycles. The smallest absolute Gasteiger partial charge is 0.0351 e. The Morgan fingerprint density at radius 3 is 1.57 bits per heavy atom. The molecule has 0 heterocycles. The molecule has 0 saturated heterocycles. The number of rotatable bonds is 18. The summed E-state index contributed by atoms with van der Waals surface area (Å²) in [6, 6.07) is 0. The number of hydrogen-bond donors (Lipinski definition) is 0. The van der Waals surface area contributed by atoms with Crippen LogP contribution in [0.5, 0.6) is 0 Å². The van der Waals surface area contributed by atoms with Gasteiger partial charge in [-0.1, -0.05) is 116 Å². The summed E-state index contributed by atoms with van der Waals surface area (Å²) < 4.78 is 0. The van der Waals surface area contributed by atoms with Crippen molar-refractivity contribution in [2.75, 3.05) is 0 Å². The molecule has 138 valence electrons. The lowest BCUT2D eigenvalue weighted by Crippen LogP contribution is -1.97. The standard InChI is InChI=1S/C23H46/c1-4-7-8-9-10-11-12-13-14-15-16-17-18-19-20-22-23(6-3)21-5-2/h13-14,23H,4-12,15-22H2,1-3H3. The topological polar surface area (TPSA) is 0 Å². The lowest BCUT2D eigenvalue weighted by molar-refractivity contribution is 0.408. The van der Waals surface area contributed by atoms with Gasteiger partial charge in [0.1, 0.15) is 0 Å². The van der Waals surface area contributed by atoms with Gasteiger partial charge < -0.3 is 0 Å². The van der Waals surface area contributed by atoms with Crippen molar-refractivity contribution < 1.29 is 0 Å². The highest BCUT2D eigenvalue weighted by Crippen LogP contribution is 2.19. The summed E-state index contributed by atoms with van der Waals surface area (Å²) in [5.74, 6) is 1.00. The van der Waals surface area contributed by atoms with Gasteiger partial charge in [0.25, 0.3) is 0 Å². The Morgan fingerprint density at radius 2 is 1.04 bits per heavy atom. The molecule has 0 aromatic carbocycles. The molecule has 0 heteroatoms. The SMILES string of the molecule is CCCCCCCCC=CCCCCCCCC(CC)CCC. The average Bonchev–Trinajstić information content (AvgIpc) is 2.57. The van der Waals surface area contributed by atoms with Crippen molar-refractivity contribution in [1.29, 1.82) is 0 Å². The summed E-state index contributed by atoms with van der Waals surface area (Å²) in [4.78, 5) is 0. The number of hydrogen-bond acceptors (Lipinski definition) is 0. The maximum Gasteiger partial charge on any atom is -0.0351 e. The molecule has 1 unspecified atom stereocenters. The minimum atomic E-state index is 1.00. The van der Waals surface area contributed by atoms with Gasteiger partial charge in [0, 0.05) is 0 Å². The summed E-state index contributed by atoms with van der Waals surface area (Å²) in [6.45, 7) is 6.97. The van der Waals surface area contributed by atoms with E-state index in [1.165, 1.54) is 109 Å². The summed E-state index contributed by atoms with van der Waals surface area (Å²) in [5.41, 5.74) is 0. The average molecular weight is 323 g/mol. The van der Waals surface area contributed by atoms with E-state index in [9.17, 15) is 0 Å². The lowest BCUT2D eigenvalue weighted by atomic mass is 9.94. The molecular formula is C23H46. The normalized spacial score (nSPS) is 13.0. The van der Waals surface area contributed by atoms with Crippen LogP contribution >= 0.6 is 0 Å². The van der Waals surface area contributed by atoms with Crippen LogP contribution in [0.4, 0.5) is 0 Å². The molecule has 0 fully saturated rings. The van der Waals surface area contributed by atoms with Crippen LogP contribution in [0.3, 0.4) is 0 Å². The van der Waals surface area contributed by atoms with Crippen LogP contribution in [0.25, 0.3) is 0 Å². The highest BCUT2D eigenvalue weighted by atomic mass is 14.1. The Morgan fingerprint density at radius 1 is 0.522 bits per heavy atom. The Labute approximate surface area is 148 Å². The zero-order valence-corrected chi connectivity index (χ0v) is 16.8. The zero-order chi connectivity index (χ0) is 17.0. The van der Waals surface area contributed by atoms with E-state index in [4.69, 9.17) is 0 Å². The molecule has 0 saturated carbocycles. The van der Waals surface area contributed by atoms with Gasteiger partial charge in [-0.3, -0.25) is 0 Å². The second-order valence-corrected chi connectivity index (χ2v) is 7.44. The zero-order valence-electron chi connectivity index (χ0n) is 16.8. The van der Waals surface area contributed by atoms with Crippen LogP contribution in [0.1, 0.15) is 130 Å². The first kappa shape index (κ1) is 22.7. The monoisotopic (exact) mass is 322 g/mol. The summed E-state index contributed by atoms with van der Waals surface area (Å²) in [7, 11) is 0. The van der Waals surface area contributed by atoms with Crippen LogP contribution in [0.2, 0.25) is 0 Å². The van der Waals surface area contributed by atoms with Crippen molar-refractivity contribution in [3.63, 3.8) is 0 Å². The third-order valence-corrected chi connectivity index (χ3v) is 5.15. The molecule has 0 bridgehead atoms. The summed E-state index contributed by atoms with van der Waals surface area (Å²) in [5, 5.41) is 0. The van der Waals surface area contributed by atoms with Gasteiger partial charge in [-0.25, -0.2) is 0 Å². The van der Waals surface area contributed by atoms with Gasteiger partial charge in [-0.05, 0) is 31.6 Å². The number of allylic oxidation sites excluding steroid dienone is 2. The van der Waals surface area contributed by atoms with Crippen molar-refractivity contribution in [1.82, 2.24) is 0 Å². The first-order valence-corrected chi connectivity index (χ1v) is 11.0. The molecule has 0 nitrogen and oxygen atoms in total. The maximum atomic E-state index is 2.43. The van der Waals surface area contributed by atoms with Gasteiger partial charge in [0.2, 0.25) is 0 Å². The fraction of sp³-hybridized carbons (Fsp3) is 0.913. The quantitative estimate of drug-likeness (QED) is 0.174. The van der Waals surface area contributed by atoms with Gasteiger partial charge in [-0.2, -0.15) is 0 Å². The van der Waals surface area contributed by atoms with Gasteiger partial charge in [-0.15, -0.1) is 0 Å². The molecule has 0 aliphatic heterocycles. The van der Waals surface area contributed by atoms with Crippen molar-refractivity contribution >= 4 is 0 Å². The minimum absolute atomic E-state index is 1.00. The first-order chi connectivity index (χ1) is 11.3. The molecule has 0 aromatic heterocycles. The molecule has 0 aromatic rings. The fourth-order valence-corrected chi connectivity index (χ4v) is 3.46. The maximum absolute atomic E-state index is 2.43. The Balaban J connectivity index is 3.19. The van der Waals surface area contributed by atoms with Gasteiger partial charge >= 0.3 is 0 Å². The second-order valence-electron chi connectivity index (χ2n) is 7.44. The molecule has 0 N–H and O–H groups in total. The molecule has 0 radical (unpaired) electrons. The molecule has 23 heavy (non-hydrogen) atoms. The van der Waals surface area contributed by atoms with E-state index in [0.717, 1.165) is 5.92 Å². The molecule has 0 aliphatic rings. The van der Waals surface area contributed by atoms with E-state index in [2.05, 4.69) is 32.9 Å². The Bertz CT molecular complexity index is 228. The van der Waals surface area contributed by atoms with E-state index >= 15 is 0 Å². The highest BCUT2D eigenvalue weighted by molar-refractivity contribution is 4.81. The van der Waals surface area contributed by atoms with Crippen LogP contribution in [-0.2, 0) is 0 Å². The molecular weight excluding hydrogens is 276 g/mol. The van der Waals surface area contributed by atoms with E-state index in [-0.39, 0.29) is 0 Å². The first-order valence-electron chi connectivity index (χ1n) is 11.0. The van der Waals surface area contributed by atoms with Crippen molar-refractivity contribution in [3.05, 3.63) is 12.2 Å². The molecule has 0 spiro atoms. The fourth-order valence-electron chi connectivity index (χ4n) is 3.46. The lowest BCUT2D eigenvalue weighted by Gasteiger charge is -2.12. The number of unbranched alkanes of at least 4 members (excludes halogenated alkanes) is 11. The molecule has 0 rings (SSSR count). The van der Waals surface area contributed by atoms with Crippen LogP contribution in [0, 0.1) is 5.92 Å². The highest BCUT2D eigenvalue weighted by Gasteiger charge is 2.03. The van der Waals surface area contributed by atoms with E-state index in [1.807, 2.05) is 0 Å². The summed E-state index contributed by atoms with van der Waals surface area (Å²) >= 11 is 0. The van der Waals surface area contributed by atoms with E-state index < -0.39 is 0 Å². The van der Waals surface area contributed by atoms with Crippen LogP contribution in [-0.4, -0.2) is 0 Å². The molecule has 0 amide bonds. The van der Waals surface area contributed by atoms with Gasteiger partial charge in [0.05, 0.1) is 0 Å². The Hall–Kier alpha value is -0.260. The van der Waals surface area contributed by atoms with Crippen LogP contribution in [0.15, 0.2) is 12.2 Å². The minimum Gasteiger partial charge on any atom is -0.0885 e. The van der Waals surface area contributed by atoms with E-state index in [0.29, 0.717) is 0 Å². The van der Waals surface area contributed by atoms with Crippen molar-refractivity contribution in [3.8, 4) is 0 Å². The van der Waals surface area contributed by atoms with E-state index in [1.54, 1.807) is 0 Å². The molecule has 1 atom stereocenters. The van der Waals surface area contributed by atoms with Crippen molar-refractivity contribution in [2.45, 2.75) is 130 Å². The predicted octanol–water partition coefficient (Wildman–Crippen LogP) is 8.85. The summed E-state index contributed by atoms with van der Waals surface area (Å²) in [6.07, 6.45) is 28.9. The third kappa shape index (κ3) is 17.9.